The van der Waals surface area contributed by atoms with Gasteiger partial charge in [-0.3, -0.25) is 9.79 Å². The van der Waals surface area contributed by atoms with Gasteiger partial charge in [-0.25, -0.2) is 9.37 Å². The Labute approximate surface area is 229 Å². The van der Waals surface area contributed by atoms with Crippen molar-refractivity contribution < 1.29 is 18.4 Å². The zero-order valence-electron chi connectivity index (χ0n) is 20.8. The van der Waals surface area contributed by atoms with Crippen LogP contribution in [0.25, 0.3) is 0 Å². The van der Waals surface area contributed by atoms with Crippen LogP contribution in [0.15, 0.2) is 40.1 Å². The van der Waals surface area contributed by atoms with Gasteiger partial charge in [-0.2, -0.15) is 0 Å². The van der Waals surface area contributed by atoms with E-state index in [0.717, 1.165) is 0 Å². The van der Waals surface area contributed by atoms with E-state index in [2.05, 4.69) is 15.1 Å². The first-order chi connectivity index (χ1) is 18.2. The predicted molar refractivity (Wildman–Crippen MR) is 144 cm³/mol. The number of benzene rings is 1. The number of ether oxygens (including phenoxy) is 1. The van der Waals surface area contributed by atoms with Crippen LogP contribution in [0.1, 0.15) is 59.0 Å². The van der Waals surface area contributed by atoms with E-state index >= 15 is 0 Å². The topological polar surface area (TPSA) is 131 Å². The van der Waals surface area contributed by atoms with E-state index in [0.29, 0.717) is 48.4 Å². The zero-order valence-corrected chi connectivity index (χ0v) is 22.3. The quantitative estimate of drug-likeness (QED) is 0.270. The number of hydrogen-bond donors (Lipinski definition) is 2. The number of aromatic nitrogens is 2. The number of nitrogens with one attached hydrogen (secondary N) is 1. The molecule has 3 N–H and O–H groups in total. The molecule has 4 rings (SSSR count). The van der Waals surface area contributed by atoms with Gasteiger partial charge in [0.1, 0.15) is 23.2 Å². The summed E-state index contributed by atoms with van der Waals surface area (Å²) in [7, 11) is 0. The highest BCUT2D eigenvalue weighted by Gasteiger charge is 2.26. The average Bonchev–Trinajstić information content (AvgIpc) is 3.34. The maximum absolute atomic E-state index is 14.0. The minimum Gasteiger partial charge on any atom is -0.482 e. The molecule has 0 saturated carbocycles. The molecule has 0 spiro atoms. The lowest BCUT2D eigenvalue weighted by Crippen LogP contribution is -2.39. The van der Waals surface area contributed by atoms with Gasteiger partial charge in [-0.05, 0) is 50.5 Å². The normalized spacial score (nSPS) is 16.0. The molecule has 1 amide bonds. The third kappa shape index (κ3) is 5.97. The molecule has 9 nitrogen and oxygen atoms in total. The molecule has 1 aliphatic heterocycles. The van der Waals surface area contributed by atoms with E-state index in [1.54, 1.807) is 37.2 Å². The van der Waals surface area contributed by atoms with Crippen LogP contribution < -0.4 is 10.5 Å². The van der Waals surface area contributed by atoms with Crippen molar-refractivity contribution in [2.45, 2.75) is 44.8 Å². The molecule has 3 aromatic rings. The van der Waals surface area contributed by atoms with Gasteiger partial charge < -0.3 is 25.3 Å². The summed E-state index contributed by atoms with van der Waals surface area (Å²) in [5.41, 5.74) is 7.44. The third-order valence-corrected chi connectivity index (χ3v) is 7.16. The molecule has 200 valence electrons. The van der Waals surface area contributed by atoms with Gasteiger partial charge >= 0.3 is 0 Å². The second kappa shape index (κ2) is 11.9. The first-order valence-electron chi connectivity index (χ1n) is 12.0. The highest BCUT2D eigenvalue weighted by atomic mass is 35.5. The molecule has 1 fully saturated rings. The Morgan fingerprint density at radius 3 is 2.74 bits per heavy atom. The number of halogens is 3. The largest absolute Gasteiger partial charge is 0.482 e. The molecule has 0 aliphatic carbocycles. The molecular weight excluding hydrogens is 534 g/mol. The van der Waals surface area contributed by atoms with Crippen LogP contribution in [0.5, 0.6) is 5.75 Å². The maximum Gasteiger partial charge on any atom is 0.259 e. The first-order valence-corrected chi connectivity index (χ1v) is 12.7. The molecule has 0 bridgehead atoms. The number of carbonyl (C=O) groups excluding carboxylic acids is 1. The SMILES string of the molecule is Cc1oncc1C(=O)N1CCC(N=CC(C=N)c2cnc(N)c(OC(C)c3c(Cl)ccc(F)c3Cl)c2)CC1. The van der Waals surface area contributed by atoms with Crippen LogP contribution in [-0.4, -0.2) is 52.5 Å². The molecule has 3 heterocycles. The summed E-state index contributed by atoms with van der Waals surface area (Å²) in [4.78, 5) is 23.3. The number of hydrogen-bond acceptors (Lipinski definition) is 8. The number of amides is 1. The van der Waals surface area contributed by atoms with Gasteiger partial charge in [0.2, 0.25) is 0 Å². The fourth-order valence-corrected chi connectivity index (χ4v) is 4.92. The number of nitrogens with zero attached hydrogens (tertiary/aromatic N) is 4. The van der Waals surface area contributed by atoms with Crippen molar-refractivity contribution >= 4 is 47.4 Å². The number of aliphatic imine (C=N–C) groups is 1. The van der Waals surface area contributed by atoms with Crippen LogP contribution >= 0.6 is 23.2 Å². The van der Waals surface area contributed by atoms with Crippen LogP contribution in [0.4, 0.5) is 10.2 Å². The molecule has 12 heteroatoms. The first kappa shape index (κ1) is 27.5. The van der Waals surface area contributed by atoms with E-state index in [9.17, 15) is 9.18 Å². The summed E-state index contributed by atoms with van der Waals surface area (Å²) >= 11 is 12.3. The molecule has 1 aromatic carbocycles. The Kier molecular flexibility index (Phi) is 8.63. The number of carbonyl (C=O) groups is 1. The molecule has 2 atom stereocenters. The van der Waals surface area contributed by atoms with Gasteiger partial charge in [0, 0.05) is 42.3 Å². The Balaban J connectivity index is 1.42. The lowest BCUT2D eigenvalue weighted by molar-refractivity contribution is 0.0713. The van der Waals surface area contributed by atoms with Crippen LogP contribution in [0.3, 0.4) is 0 Å². The maximum atomic E-state index is 14.0. The van der Waals surface area contributed by atoms with Gasteiger partial charge in [0.15, 0.2) is 11.6 Å². The predicted octanol–water partition coefficient (Wildman–Crippen LogP) is 5.65. The Morgan fingerprint density at radius 1 is 1.34 bits per heavy atom. The fraction of sp³-hybridized carbons (Fsp3) is 0.346. The Morgan fingerprint density at radius 2 is 2.08 bits per heavy atom. The highest BCUT2D eigenvalue weighted by Crippen LogP contribution is 2.36. The molecule has 2 unspecified atom stereocenters. The van der Waals surface area contributed by atoms with Crippen LogP contribution in [0.2, 0.25) is 10.0 Å². The van der Waals surface area contributed by atoms with E-state index in [1.165, 1.54) is 24.5 Å². The van der Waals surface area contributed by atoms with Crippen molar-refractivity contribution in [1.82, 2.24) is 15.0 Å². The highest BCUT2D eigenvalue weighted by molar-refractivity contribution is 6.36. The fourth-order valence-electron chi connectivity index (χ4n) is 4.24. The zero-order chi connectivity index (χ0) is 27.4. The summed E-state index contributed by atoms with van der Waals surface area (Å²) in [5.74, 6) is -0.292. The number of anilines is 1. The van der Waals surface area contributed by atoms with Crippen molar-refractivity contribution in [1.29, 1.82) is 5.41 Å². The number of pyridine rings is 1. The molecule has 0 radical (unpaired) electrons. The number of nitrogen functional groups attached to an aromatic ring is 1. The molecule has 1 aliphatic rings. The Hall–Kier alpha value is -3.50. The second-order valence-corrected chi connectivity index (χ2v) is 9.76. The number of aryl methyl sites for hydroxylation is 1. The minimum absolute atomic E-state index is 0.0137. The van der Waals surface area contributed by atoms with E-state index in [4.69, 9.17) is 43.6 Å². The van der Waals surface area contributed by atoms with E-state index in [-0.39, 0.29) is 33.6 Å². The summed E-state index contributed by atoms with van der Waals surface area (Å²) in [5, 5.41) is 11.7. The second-order valence-electron chi connectivity index (χ2n) is 8.98. The van der Waals surface area contributed by atoms with Crippen molar-refractivity contribution in [3.63, 3.8) is 0 Å². The molecule has 1 saturated heterocycles. The monoisotopic (exact) mass is 560 g/mol. The van der Waals surface area contributed by atoms with Crippen LogP contribution in [0, 0.1) is 18.2 Å². The number of nitrogens with two attached hydrogens (primary N) is 1. The van der Waals surface area contributed by atoms with Gasteiger partial charge in [-0.1, -0.05) is 28.4 Å². The van der Waals surface area contributed by atoms with E-state index in [1.807, 2.05) is 0 Å². The summed E-state index contributed by atoms with van der Waals surface area (Å²) in [6, 6.07) is 4.28. The lowest BCUT2D eigenvalue weighted by atomic mass is 10.0. The molecular formula is C26H27Cl2FN6O3. The third-order valence-electron chi connectivity index (χ3n) is 6.45. The Bertz CT molecular complexity index is 1360. The van der Waals surface area contributed by atoms with Gasteiger partial charge in [-0.15, -0.1) is 0 Å². The minimum atomic E-state index is -0.716. The average molecular weight is 561 g/mol. The van der Waals surface area contributed by atoms with E-state index < -0.39 is 17.8 Å². The summed E-state index contributed by atoms with van der Waals surface area (Å²) < 4.78 is 24.9. The summed E-state index contributed by atoms with van der Waals surface area (Å²) in [6.45, 7) is 4.51. The van der Waals surface area contributed by atoms with Crippen molar-refractivity contribution in [2.24, 2.45) is 4.99 Å². The number of rotatable bonds is 8. The molecule has 38 heavy (non-hydrogen) atoms. The number of piperidine rings is 1. The number of likely N-dealkylation sites (tertiary alicyclic amines) is 1. The van der Waals surface area contributed by atoms with Crippen molar-refractivity contribution in [2.75, 3.05) is 18.8 Å². The van der Waals surface area contributed by atoms with Crippen molar-refractivity contribution in [3.8, 4) is 5.75 Å². The smallest absolute Gasteiger partial charge is 0.259 e. The van der Waals surface area contributed by atoms with Gasteiger partial charge in [0.05, 0.1) is 23.2 Å². The standard InChI is InChI=1S/C26H27Cl2FN6O3/c1-14-19(13-34-38-14)26(36)35-7-5-18(6-8-35)32-12-17(10-30)16-9-22(25(31)33-11-16)37-15(2)23-20(27)3-4-21(29)24(23)28/h3-4,9-13,15,17-18,30H,5-8H2,1-2H3,(H2,31,33). The molecule has 2 aromatic heterocycles. The van der Waals surface area contributed by atoms with Gasteiger partial charge in [0.25, 0.3) is 5.91 Å². The van der Waals surface area contributed by atoms with Crippen LogP contribution in [-0.2, 0) is 0 Å². The van der Waals surface area contributed by atoms with Crippen molar-refractivity contribution in [3.05, 3.63) is 68.9 Å². The lowest BCUT2D eigenvalue weighted by Gasteiger charge is -2.30. The summed E-state index contributed by atoms with van der Waals surface area (Å²) in [6.07, 6.45) is 6.61.